The Balaban J connectivity index is 1.36. The van der Waals surface area contributed by atoms with Crippen LogP contribution >= 0.6 is 0 Å². The Labute approximate surface area is 250 Å². The van der Waals surface area contributed by atoms with Gasteiger partial charge in [-0.05, 0) is 120 Å². The molecule has 1 aliphatic rings. The Morgan fingerprint density at radius 2 is 1.21 bits per heavy atom. The predicted octanol–water partition coefficient (Wildman–Crippen LogP) is 10.2. The van der Waals surface area contributed by atoms with E-state index in [-0.39, 0.29) is 0 Å². The molecule has 6 rings (SSSR count). The van der Waals surface area contributed by atoms with Gasteiger partial charge in [-0.25, -0.2) is 0 Å². The second-order valence-corrected chi connectivity index (χ2v) is 11.0. The lowest BCUT2D eigenvalue weighted by Gasteiger charge is -2.27. The summed E-state index contributed by atoms with van der Waals surface area (Å²) in [5.74, 6) is 0. The van der Waals surface area contributed by atoms with Gasteiger partial charge in [0.1, 0.15) is 0 Å². The fraction of sp³-hybridized carbons (Fsp3) is 0.200. The van der Waals surface area contributed by atoms with Gasteiger partial charge in [0.15, 0.2) is 0 Å². The molecule has 5 aromatic rings. The molecule has 2 heteroatoms. The summed E-state index contributed by atoms with van der Waals surface area (Å²) in [5.41, 5.74) is 12.7. The van der Waals surface area contributed by atoms with E-state index in [0.717, 1.165) is 25.3 Å². The van der Waals surface area contributed by atoms with E-state index in [4.69, 9.17) is 4.74 Å². The van der Waals surface area contributed by atoms with E-state index in [1.54, 1.807) is 0 Å². The van der Waals surface area contributed by atoms with Crippen LogP contribution in [0, 0.1) is 0 Å². The van der Waals surface area contributed by atoms with E-state index >= 15 is 0 Å². The zero-order valence-corrected chi connectivity index (χ0v) is 24.5. The van der Waals surface area contributed by atoms with Gasteiger partial charge in [0, 0.05) is 23.7 Å². The monoisotopic (exact) mass is 549 g/mol. The van der Waals surface area contributed by atoms with Crippen LogP contribution in [0.2, 0.25) is 0 Å². The average Bonchev–Trinajstić information content (AvgIpc) is 3.06. The number of benzene rings is 5. The fourth-order valence-corrected chi connectivity index (χ4v) is 5.91. The second-order valence-electron chi connectivity index (χ2n) is 11.0. The number of rotatable bonds is 10. The summed E-state index contributed by atoms with van der Waals surface area (Å²) < 4.78 is 5.59. The van der Waals surface area contributed by atoms with Crippen molar-refractivity contribution in [2.24, 2.45) is 0 Å². The Hall–Kier alpha value is -4.40. The average molecular weight is 550 g/mol. The Morgan fingerprint density at radius 1 is 0.643 bits per heavy atom. The van der Waals surface area contributed by atoms with E-state index in [0.29, 0.717) is 0 Å². The van der Waals surface area contributed by atoms with Crippen LogP contribution in [0.25, 0.3) is 11.6 Å². The highest BCUT2D eigenvalue weighted by Gasteiger charge is 2.16. The Kier molecular flexibility index (Phi) is 8.93. The van der Waals surface area contributed by atoms with Crippen molar-refractivity contribution in [2.75, 3.05) is 18.1 Å². The number of hydrogen-bond donors (Lipinski definition) is 0. The highest BCUT2D eigenvalue weighted by Crippen LogP contribution is 2.37. The predicted molar refractivity (Wildman–Crippen MR) is 178 cm³/mol. The molecule has 0 fully saturated rings. The standard InChI is InChI=1S/C40H39NO/c1-2-42-28-27-31-17-22-37(23-18-31)41(39-26-21-33-11-9-10-16-36(33)30-39)38-24-19-32(20-25-38)29-40(34-12-5-3-6-13-34)35-14-7-4-8-15-35/h3-8,12-15,17-26,29-30H,2,9-11,16,27-28H2,1H3. The molecule has 0 heterocycles. The lowest BCUT2D eigenvalue weighted by atomic mass is 9.91. The van der Waals surface area contributed by atoms with Crippen LogP contribution in [0.3, 0.4) is 0 Å². The maximum absolute atomic E-state index is 5.59. The van der Waals surface area contributed by atoms with Crippen LogP contribution < -0.4 is 4.90 Å². The number of fused-ring (bicyclic) bond motifs is 1. The first-order chi connectivity index (χ1) is 20.8. The number of nitrogens with zero attached hydrogens (tertiary/aromatic N) is 1. The SMILES string of the molecule is CCOCCc1ccc(N(c2ccc(C=C(c3ccccc3)c3ccccc3)cc2)c2ccc3c(c2)CCCC3)cc1. The summed E-state index contributed by atoms with van der Waals surface area (Å²) >= 11 is 0. The Bertz CT molecular complexity index is 1560. The summed E-state index contributed by atoms with van der Waals surface area (Å²) in [7, 11) is 0. The molecular formula is C40H39NO. The van der Waals surface area contributed by atoms with Gasteiger partial charge in [0.25, 0.3) is 0 Å². The third kappa shape index (κ3) is 6.56. The van der Waals surface area contributed by atoms with Crippen LogP contribution in [0.4, 0.5) is 17.1 Å². The molecule has 42 heavy (non-hydrogen) atoms. The molecular weight excluding hydrogens is 510 g/mol. The third-order valence-corrected chi connectivity index (χ3v) is 8.16. The van der Waals surface area contributed by atoms with Gasteiger partial charge >= 0.3 is 0 Å². The first kappa shape index (κ1) is 27.8. The van der Waals surface area contributed by atoms with Gasteiger partial charge in [0.05, 0.1) is 6.61 Å². The van der Waals surface area contributed by atoms with E-state index in [2.05, 4.69) is 138 Å². The number of aryl methyl sites for hydroxylation is 2. The fourth-order valence-electron chi connectivity index (χ4n) is 5.91. The van der Waals surface area contributed by atoms with Crippen LogP contribution in [-0.4, -0.2) is 13.2 Å². The van der Waals surface area contributed by atoms with Gasteiger partial charge in [-0.1, -0.05) is 91.0 Å². The van der Waals surface area contributed by atoms with E-state index in [9.17, 15) is 0 Å². The summed E-state index contributed by atoms with van der Waals surface area (Å²) in [5, 5.41) is 0. The van der Waals surface area contributed by atoms with Gasteiger partial charge in [-0.3, -0.25) is 0 Å². The van der Waals surface area contributed by atoms with Crippen molar-refractivity contribution in [1.82, 2.24) is 0 Å². The van der Waals surface area contributed by atoms with Crippen LogP contribution in [0.15, 0.2) is 127 Å². The lowest BCUT2D eigenvalue weighted by Crippen LogP contribution is -2.12. The molecule has 0 amide bonds. The van der Waals surface area contributed by atoms with Crippen molar-refractivity contribution in [3.63, 3.8) is 0 Å². The van der Waals surface area contributed by atoms with Crippen LogP contribution in [0.1, 0.15) is 53.1 Å². The molecule has 5 aromatic carbocycles. The third-order valence-electron chi connectivity index (χ3n) is 8.16. The zero-order valence-electron chi connectivity index (χ0n) is 24.5. The molecule has 0 bridgehead atoms. The lowest BCUT2D eigenvalue weighted by molar-refractivity contribution is 0.151. The summed E-state index contributed by atoms with van der Waals surface area (Å²) in [6.07, 6.45) is 8.15. The summed E-state index contributed by atoms with van der Waals surface area (Å²) in [4.78, 5) is 2.39. The molecule has 210 valence electrons. The zero-order chi connectivity index (χ0) is 28.6. The van der Waals surface area contributed by atoms with E-state index < -0.39 is 0 Å². The molecule has 0 saturated heterocycles. The van der Waals surface area contributed by atoms with Crippen molar-refractivity contribution < 1.29 is 4.74 Å². The van der Waals surface area contributed by atoms with Gasteiger partial charge < -0.3 is 9.64 Å². The number of hydrogen-bond acceptors (Lipinski definition) is 2. The number of anilines is 3. The van der Waals surface area contributed by atoms with Gasteiger partial charge in [-0.15, -0.1) is 0 Å². The molecule has 2 nitrogen and oxygen atoms in total. The first-order valence-corrected chi connectivity index (χ1v) is 15.3. The minimum atomic E-state index is 0.757. The highest BCUT2D eigenvalue weighted by atomic mass is 16.5. The first-order valence-electron chi connectivity index (χ1n) is 15.3. The molecule has 0 radical (unpaired) electrons. The van der Waals surface area contributed by atoms with Crippen molar-refractivity contribution in [3.8, 4) is 0 Å². The van der Waals surface area contributed by atoms with Gasteiger partial charge in [0.2, 0.25) is 0 Å². The normalized spacial score (nSPS) is 12.4. The van der Waals surface area contributed by atoms with Crippen molar-refractivity contribution in [3.05, 3.63) is 161 Å². The maximum Gasteiger partial charge on any atom is 0.0506 e. The molecule has 0 aromatic heterocycles. The minimum absolute atomic E-state index is 0.757. The Morgan fingerprint density at radius 3 is 1.83 bits per heavy atom. The largest absolute Gasteiger partial charge is 0.381 e. The molecule has 0 unspecified atom stereocenters. The summed E-state index contributed by atoms with van der Waals surface area (Å²) in [6.45, 7) is 3.56. The van der Waals surface area contributed by atoms with Crippen molar-refractivity contribution >= 4 is 28.7 Å². The van der Waals surface area contributed by atoms with E-state index in [1.165, 1.54) is 76.0 Å². The number of ether oxygens (including phenoxy) is 1. The summed E-state index contributed by atoms with van der Waals surface area (Å²) in [6, 6.07) is 46.3. The second kappa shape index (κ2) is 13.5. The highest BCUT2D eigenvalue weighted by molar-refractivity contribution is 5.91. The van der Waals surface area contributed by atoms with Crippen LogP contribution in [-0.2, 0) is 24.0 Å². The van der Waals surface area contributed by atoms with E-state index in [1.807, 2.05) is 6.92 Å². The molecule has 0 aliphatic heterocycles. The maximum atomic E-state index is 5.59. The minimum Gasteiger partial charge on any atom is -0.381 e. The van der Waals surface area contributed by atoms with Crippen molar-refractivity contribution in [2.45, 2.75) is 39.0 Å². The van der Waals surface area contributed by atoms with Crippen molar-refractivity contribution in [1.29, 1.82) is 0 Å². The van der Waals surface area contributed by atoms with Crippen LogP contribution in [0.5, 0.6) is 0 Å². The van der Waals surface area contributed by atoms with Gasteiger partial charge in [-0.2, -0.15) is 0 Å². The molecule has 0 atom stereocenters. The topological polar surface area (TPSA) is 12.5 Å². The quantitative estimate of drug-likeness (QED) is 0.127. The smallest absolute Gasteiger partial charge is 0.0506 e. The molecule has 0 saturated carbocycles. The molecule has 0 spiro atoms. The molecule has 1 aliphatic carbocycles. The molecule has 0 N–H and O–H groups in total.